The normalized spacial score (nSPS) is 12.1. The third-order valence-electron chi connectivity index (χ3n) is 29.4. The van der Waals surface area contributed by atoms with E-state index in [0.29, 0.717) is 0 Å². The molecule has 0 unspecified atom stereocenters. The Bertz CT molecular complexity index is 10800. The van der Waals surface area contributed by atoms with Crippen molar-refractivity contribution in [3.63, 3.8) is 0 Å². The maximum atomic E-state index is 6.66. The highest BCUT2D eigenvalue weighted by Gasteiger charge is 2.27. The molecule has 32 rings (SSSR count). The van der Waals surface area contributed by atoms with Gasteiger partial charge in [0.15, 0.2) is 5.58 Å². The lowest BCUT2D eigenvalue weighted by Gasteiger charge is -2.10. The van der Waals surface area contributed by atoms with Gasteiger partial charge in [0, 0.05) is 144 Å². The number of hydrogen-bond donors (Lipinski definition) is 0. The van der Waals surface area contributed by atoms with Gasteiger partial charge < -0.3 is 31.5 Å². The van der Waals surface area contributed by atoms with Gasteiger partial charge in [0.05, 0.1) is 63.9 Å². The fraction of sp³-hybridized carbons (Fsp3) is 0. The average molecular weight is 1860 g/mol. The van der Waals surface area contributed by atoms with Crippen molar-refractivity contribution in [3.8, 4) is 78.4 Å². The molecule has 7 nitrogen and oxygen atoms in total. The first kappa shape index (κ1) is 80.2. The van der Waals surface area contributed by atoms with E-state index in [1.165, 1.54) is 209 Å². The Morgan fingerprint density at radius 2 is 0.458 bits per heavy atom. The van der Waals surface area contributed by atoms with E-state index in [2.05, 4.69) is 461 Å². The molecule has 0 aliphatic heterocycles. The first-order valence-corrected chi connectivity index (χ1v) is 50.7. The molecule has 22 aromatic carbocycles. The van der Waals surface area contributed by atoms with E-state index < -0.39 is 0 Å². The molecule has 32 aromatic rings. The summed E-state index contributed by atoms with van der Waals surface area (Å²) in [5.41, 5.74) is 31.8. The number of aromatic nitrogens is 4. The fourth-order valence-electron chi connectivity index (χ4n) is 22.8. The Balaban J connectivity index is 0.000000100. The van der Waals surface area contributed by atoms with Crippen LogP contribution in [0.5, 0.6) is 0 Å². The minimum Gasteiger partial charge on any atom is -0.456 e. The maximum Gasteiger partial charge on any atom is 0.159 e. The molecule has 0 fully saturated rings. The molecule has 0 saturated carbocycles. The van der Waals surface area contributed by atoms with Crippen molar-refractivity contribution >= 4 is 248 Å². The number of para-hydroxylation sites is 9. The summed E-state index contributed by atoms with van der Waals surface area (Å²) >= 11 is 5.65. The third-order valence-corrected chi connectivity index (χ3v) is 33.0. The number of nitrogens with zero attached hydrogens (tertiary/aromatic N) is 4. The molecule has 0 N–H and O–H groups in total. The summed E-state index contributed by atoms with van der Waals surface area (Å²) in [6.45, 7) is 0. The summed E-state index contributed by atoms with van der Waals surface area (Å²) in [6, 6.07) is 171. The van der Waals surface area contributed by atoms with Crippen LogP contribution in [-0.4, -0.2) is 18.3 Å². The van der Waals surface area contributed by atoms with Crippen LogP contribution in [-0.2, 0) is 0 Å². The fourth-order valence-corrected chi connectivity index (χ4v) is 26.5. The predicted octanol–water partition coefficient (Wildman–Crippen LogP) is 38.6. The zero-order valence-electron chi connectivity index (χ0n) is 76.3. The van der Waals surface area contributed by atoms with Crippen LogP contribution < -0.4 is 0 Å². The van der Waals surface area contributed by atoms with E-state index in [9.17, 15) is 0 Å². The molecule has 0 amide bonds. The van der Waals surface area contributed by atoms with Crippen molar-refractivity contribution in [2.24, 2.45) is 0 Å². The molecule has 0 spiro atoms. The minimum absolute atomic E-state index is 0.907. The average Bonchev–Trinajstić information content (AvgIpc) is 1.55. The van der Waals surface area contributed by atoms with Gasteiger partial charge in [-0.3, -0.25) is 0 Å². The van der Waals surface area contributed by atoms with Gasteiger partial charge in [0.2, 0.25) is 0 Å². The highest BCUT2D eigenvalue weighted by Crippen LogP contribution is 2.51. The number of furan rings is 3. The van der Waals surface area contributed by atoms with Crippen LogP contribution in [0.15, 0.2) is 486 Å². The second-order valence-electron chi connectivity index (χ2n) is 37.1. The lowest BCUT2D eigenvalue weighted by atomic mass is 9.98. The van der Waals surface area contributed by atoms with Crippen molar-refractivity contribution in [1.82, 2.24) is 18.3 Å². The Morgan fingerprint density at radius 1 is 0.155 bits per heavy atom. The first-order chi connectivity index (χ1) is 70.4. The molecule has 142 heavy (non-hydrogen) atoms. The van der Waals surface area contributed by atoms with Crippen LogP contribution in [0.25, 0.3) is 292 Å². The maximum absolute atomic E-state index is 6.66. The summed E-state index contributed by atoms with van der Waals surface area (Å²) in [4.78, 5) is 0. The molecular weight excluding hydrogens is 1790 g/mol. The van der Waals surface area contributed by atoms with Crippen LogP contribution in [0.3, 0.4) is 0 Å². The highest BCUT2D eigenvalue weighted by atomic mass is 32.1. The number of benzene rings is 22. The molecule has 0 saturated heterocycles. The molecule has 0 radical (unpaired) electrons. The number of fused-ring (bicyclic) bond motifs is 33. The van der Waals surface area contributed by atoms with Gasteiger partial charge in [-0.2, -0.15) is 0 Å². The van der Waals surface area contributed by atoms with E-state index in [1.54, 1.807) is 0 Å². The molecule has 10 heteroatoms. The lowest BCUT2D eigenvalue weighted by Crippen LogP contribution is -1.94. The summed E-state index contributed by atoms with van der Waals surface area (Å²) in [5.74, 6) is 0. The van der Waals surface area contributed by atoms with Gasteiger partial charge in [-0.1, -0.05) is 340 Å². The van der Waals surface area contributed by atoms with Gasteiger partial charge in [-0.05, 0) is 184 Å². The van der Waals surface area contributed by atoms with Crippen LogP contribution in [0.4, 0.5) is 0 Å². The van der Waals surface area contributed by atoms with Gasteiger partial charge in [0.25, 0.3) is 0 Å². The van der Waals surface area contributed by atoms with Crippen molar-refractivity contribution in [1.29, 1.82) is 0 Å². The monoisotopic (exact) mass is 1860 g/mol. The SMILES string of the molecule is c1ccc(-n2c3ccccc3c3cc(-c4ccc5c(c4)c4ccc6c7ccccc7sc6c4n5-c4cccc5c4oc4ccccc45)ccc32)cc1.c1ccc2c(c1)oc1c(-c3ccc(-c4ccc(-n5c6ccccc6c6ccc7c8ccccc8sc7c65)cc4)cc3)cccc12.c1ccc2c(c1)oc1ccc(-c3ccc(-c4ccc(-n5c6ccccc6c6ccc7c8ccccc8sc7c65)cc4)cc3)cc12. The molecule has 0 atom stereocenters. The van der Waals surface area contributed by atoms with Crippen molar-refractivity contribution in [3.05, 3.63) is 473 Å². The first-order valence-electron chi connectivity index (χ1n) is 48.2. The quantitative estimate of drug-likeness (QED) is 0.145. The summed E-state index contributed by atoms with van der Waals surface area (Å²) in [5, 5.41) is 24.9. The van der Waals surface area contributed by atoms with Gasteiger partial charge in [0.1, 0.15) is 27.9 Å². The van der Waals surface area contributed by atoms with E-state index >= 15 is 0 Å². The van der Waals surface area contributed by atoms with Gasteiger partial charge >= 0.3 is 0 Å². The Labute approximate surface area is 824 Å². The van der Waals surface area contributed by atoms with Crippen LogP contribution >= 0.6 is 34.0 Å². The van der Waals surface area contributed by atoms with Gasteiger partial charge in [-0.25, -0.2) is 0 Å². The molecular formula is C132H78N4O3S3. The molecule has 0 aliphatic rings. The third kappa shape index (κ3) is 12.5. The number of thiophene rings is 3. The van der Waals surface area contributed by atoms with Crippen molar-refractivity contribution < 1.29 is 13.3 Å². The highest BCUT2D eigenvalue weighted by molar-refractivity contribution is 7.27. The zero-order chi connectivity index (χ0) is 92.9. The molecule has 10 aromatic heterocycles. The largest absolute Gasteiger partial charge is 0.456 e. The van der Waals surface area contributed by atoms with Crippen molar-refractivity contribution in [2.75, 3.05) is 0 Å². The van der Waals surface area contributed by atoms with Crippen molar-refractivity contribution in [2.45, 2.75) is 0 Å². The molecule has 0 bridgehead atoms. The zero-order valence-corrected chi connectivity index (χ0v) is 78.7. The summed E-state index contributed by atoms with van der Waals surface area (Å²) in [7, 11) is 0. The molecule has 0 aliphatic carbocycles. The topological polar surface area (TPSA) is 59.1 Å². The van der Waals surface area contributed by atoms with Crippen LogP contribution in [0, 0.1) is 0 Å². The summed E-state index contributed by atoms with van der Waals surface area (Å²) in [6.07, 6.45) is 0. The Morgan fingerprint density at radius 3 is 0.965 bits per heavy atom. The van der Waals surface area contributed by atoms with Crippen LogP contribution in [0.2, 0.25) is 0 Å². The molecule has 10 heterocycles. The predicted molar refractivity (Wildman–Crippen MR) is 604 cm³/mol. The summed E-state index contributed by atoms with van der Waals surface area (Å²) < 4.78 is 36.6. The van der Waals surface area contributed by atoms with E-state index in [-0.39, 0.29) is 0 Å². The second kappa shape index (κ2) is 31.8. The number of rotatable bonds is 9. The minimum atomic E-state index is 0.907. The van der Waals surface area contributed by atoms with Crippen LogP contribution in [0.1, 0.15) is 0 Å². The lowest BCUT2D eigenvalue weighted by molar-refractivity contribution is 0.666. The smallest absolute Gasteiger partial charge is 0.159 e. The second-order valence-corrected chi connectivity index (χ2v) is 40.2. The molecule has 662 valence electrons. The number of hydrogen-bond acceptors (Lipinski definition) is 6. The standard InChI is InChI=1S/C48H28N2OS.2C42H25NOS/c1-2-11-31(12-3-1)49-40-17-7-4-13-32(40)38-27-29(21-25-41(38)49)30-22-26-42-39(28-30)35-23-24-37-34-15-6-9-20-45(34)52-48(37)46(35)50(42)43-18-10-16-36-33-14-5-8-19-44(33)51-47(36)43;1-4-13-37-31(8-1)34-24-25-36-33-10-3-6-15-39(33)45-42(36)40(34)43(37)29-22-20-27(21-23-29)26-16-18-28(19-17-26)30-11-7-12-35-32-9-2-5-14-38(32)44-41(30)35;1-4-10-37-31(7-1)34-22-23-35-33-9-3-6-12-40(33)45-42(35)41(34)43(37)30-20-17-27(18-21-30)26-13-15-28(16-14-26)29-19-24-39-36(25-29)32-8-2-5-11-38(32)44-39/h1-28H;2*1-25H. The Kier molecular flexibility index (Phi) is 18.0. The Hall–Kier alpha value is -17.9. The van der Waals surface area contributed by atoms with E-state index in [0.717, 1.165) is 82.6 Å². The van der Waals surface area contributed by atoms with E-state index in [4.69, 9.17) is 13.3 Å². The van der Waals surface area contributed by atoms with Gasteiger partial charge in [-0.15, -0.1) is 34.0 Å². The van der Waals surface area contributed by atoms with E-state index in [1.807, 2.05) is 64.3 Å².